The standard InChI is InChI=1S/C38H44ClN5O7/c1-3-50-36(47)28-8-10-29(11-9-28)41-18-20-42(21-19-41)35(46)33(24-26-22-25(2)34(45)31(39)23-26)51-38(49)43-15-13-30(14-16-43)44-17-12-27-6-4-5-7-32(27)40-37(44)48/h4-11,22-23,30,33,45H,3,12-21,24H2,1-2H3,(H,40,48)/t33-/m1/s1. The highest BCUT2D eigenvalue weighted by molar-refractivity contribution is 6.32. The molecular weight excluding hydrogens is 674 g/mol. The van der Waals surface area contributed by atoms with Gasteiger partial charge in [0, 0.05) is 69.7 Å². The van der Waals surface area contributed by atoms with Gasteiger partial charge in [0.15, 0.2) is 6.10 Å². The number of urea groups is 1. The molecule has 0 unspecified atom stereocenters. The molecule has 0 aromatic heterocycles. The highest BCUT2D eigenvalue weighted by Gasteiger charge is 2.35. The number of amides is 4. The molecule has 3 aromatic rings. The van der Waals surface area contributed by atoms with E-state index in [-0.39, 0.29) is 41.1 Å². The van der Waals surface area contributed by atoms with E-state index in [4.69, 9.17) is 21.1 Å². The normalized spacial score (nSPS) is 17.3. The minimum atomic E-state index is -1.11. The first-order valence-corrected chi connectivity index (χ1v) is 17.9. The molecule has 0 saturated carbocycles. The average molecular weight is 718 g/mol. The smallest absolute Gasteiger partial charge is 0.410 e. The Morgan fingerprint density at radius 2 is 1.65 bits per heavy atom. The van der Waals surface area contributed by atoms with E-state index >= 15 is 0 Å². The SMILES string of the molecule is CCOC(=O)c1ccc(N2CCN(C(=O)[C@@H](Cc3cc(C)c(O)c(Cl)c3)OC(=O)N3CCC(N4CCc5ccccc5NC4=O)CC3)CC2)cc1. The summed E-state index contributed by atoms with van der Waals surface area (Å²) in [4.78, 5) is 60.1. The predicted molar refractivity (Wildman–Crippen MR) is 193 cm³/mol. The van der Waals surface area contributed by atoms with Gasteiger partial charge in [-0.3, -0.25) is 4.79 Å². The van der Waals surface area contributed by atoms with Crippen molar-refractivity contribution in [3.8, 4) is 5.75 Å². The fourth-order valence-electron chi connectivity index (χ4n) is 7.02. The number of para-hydroxylation sites is 1. The molecule has 2 fully saturated rings. The Hall–Kier alpha value is -4.97. The highest BCUT2D eigenvalue weighted by Crippen LogP contribution is 2.30. The number of piperazine rings is 1. The third kappa shape index (κ3) is 8.33. The van der Waals surface area contributed by atoms with E-state index < -0.39 is 12.2 Å². The number of piperidine rings is 1. The lowest BCUT2D eigenvalue weighted by Gasteiger charge is -2.39. The first-order valence-electron chi connectivity index (χ1n) is 17.5. The molecule has 3 aliphatic rings. The summed E-state index contributed by atoms with van der Waals surface area (Å²) in [6, 6.07) is 18.2. The van der Waals surface area contributed by atoms with Gasteiger partial charge < -0.3 is 39.5 Å². The van der Waals surface area contributed by atoms with Gasteiger partial charge in [0.1, 0.15) is 5.75 Å². The van der Waals surface area contributed by atoms with Crippen LogP contribution in [0.2, 0.25) is 5.02 Å². The number of aryl methyl sites for hydroxylation is 1. The van der Waals surface area contributed by atoms with E-state index in [9.17, 15) is 24.3 Å². The van der Waals surface area contributed by atoms with Crippen LogP contribution in [0, 0.1) is 6.92 Å². The number of phenolic OH excluding ortho intramolecular Hbond substituents is 1. The van der Waals surface area contributed by atoms with Crippen LogP contribution in [0.15, 0.2) is 60.7 Å². The van der Waals surface area contributed by atoms with Gasteiger partial charge in [0.25, 0.3) is 5.91 Å². The van der Waals surface area contributed by atoms with Crippen LogP contribution in [0.1, 0.15) is 46.8 Å². The number of phenols is 1. The lowest BCUT2D eigenvalue weighted by molar-refractivity contribution is -0.141. The molecule has 3 aromatic carbocycles. The number of benzene rings is 3. The summed E-state index contributed by atoms with van der Waals surface area (Å²) in [6.07, 6.45) is 0.325. The maximum Gasteiger partial charge on any atom is 0.410 e. The number of hydrogen-bond donors (Lipinski definition) is 2. The molecule has 1 atom stereocenters. The minimum Gasteiger partial charge on any atom is -0.506 e. The van der Waals surface area contributed by atoms with Crippen LogP contribution in [-0.4, -0.2) is 108 Å². The number of halogens is 1. The van der Waals surface area contributed by atoms with Gasteiger partial charge in [-0.1, -0.05) is 35.9 Å². The van der Waals surface area contributed by atoms with Gasteiger partial charge in [-0.15, -0.1) is 0 Å². The van der Waals surface area contributed by atoms with Crippen molar-refractivity contribution >= 4 is 47.0 Å². The quantitative estimate of drug-likeness (QED) is 0.293. The first kappa shape index (κ1) is 35.8. The maximum atomic E-state index is 14.0. The van der Waals surface area contributed by atoms with Gasteiger partial charge in [0.05, 0.1) is 17.2 Å². The Labute approximate surface area is 302 Å². The molecule has 0 radical (unpaired) electrons. The van der Waals surface area contributed by atoms with E-state index in [1.54, 1.807) is 47.9 Å². The van der Waals surface area contributed by atoms with Crippen molar-refractivity contribution in [2.75, 3.05) is 62.6 Å². The number of hydrogen-bond acceptors (Lipinski definition) is 8. The molecule has 51 heavy (non-hydrogen) atoms. The summed E-state index contributed by atoms with van der Waals surface area (Å²) >= 11 is 6.27. The minimum absolute atomic E-state index is 0.0273. The first-order chi connectivity index (χ1) is 24.6. The van der Waals surface area contributed by atoms with Crippen LogP contribution < -0.4 is 10.2 Å². The number of nitrogens with one attached hydrogen (secondary N) is 1. The second-order valence-electron chi connectivity index (χ2n) is 13.1. The number of fused-ring (bicyclic) bond motifs is 1. The van der Waals surface area contributed by atoms with E-state index in [1.165, 1.54) is 0 Å². The predicted octanol–water partition coefficient (Wildman–Crippen LogP) is 5.48. The fraction of sp³-hybridized carbons (Fsp3) is 0.421. The second kappa shape index (κ2) is 15.9. The molecule has 0 bridgehead atoms. The number of likely N-dealkylation sites (tertiary alicyclic amines) is 1. The summed E-state index contributed by atoms with van der Waals surface area (Å²) < 4.78 is 11.1. The number of aromatic hydroxyl groups is 1. The van der Waals surface area contributed by atoms with Gasteiger partial charge in [0.2, 0.25) is 0 Å². The third-order valence-corrected chi connectivity index (χ3v) is 10.2. The molecule has 2 N–H and O–H groups in total. The lowest BCUT2D eigenvalue weighted by atomic mass is 10.0. The largest absolute Gasteiger partial charge is 0.506 e. The average Bonchev–Trinajstić information content (AvgIpc) is 3.31. The zero-order valence-electron chi connectivity index (χ0n) is 29.0. The monoisotopic (exact) mass is 717 g/mol. The Morgan fingerprint density at radius 1 is 0.941 bits per heavy atom. The molecule has 4 amide bonds. The van der Waals surface area contributed by atoms with Crippen molar-refractivity contribution in [3.63, 3.8) is 0 Å². The summed E-state index contributed by atoms with van der Waals surface area (Å²) in [7, 11) is 0. The fourth-order valence-corrected chi connectivity index (χ4v) is 7.31. The molecule has 3 aliphatic heterocycles. The number of anilines is 2. The van der Waals surface area contributed by atoms with Crippen molar-refractivity contribution in [1.82, 2.24) is 14.7 Å². The van der Waals surface area contributed by atoms with Crippen LogP contribution in [-0.2, 0) is 27.1 Å². The Balaban J connectivity index is 1.09. The summed E-state index contributed by atoms with van der Waals surface area (Å²) in [5.74, 6) is -0.708. The summed E-state index contributed by atoms with van der Waals surface area (Å²) in [5.41, 5.74) is 4.55. The molecular formula is C38H44ClN5O7. The molecule has 2 saturated heterocycles. The van der Waals surface area contributed by atoms with Gasteiger partial charge in [-0.05, 0) is 86.2 Å². The molecule has 13 heteroatoms. The maximum absolute atomic E-state index is 14.0. The second-order valence-corrected chi connectivity index (χ2v) is 13.6. The Bertz CT molecular complexity index is 1730. The van der Waals surface area contributed by atoms with Gasteiger partial charge in [-0.2, -0.15) is 0 Å². The van der Waals surface area contributed by atoms with E-state index in [0.717, 1.165) is 23.4 Å². The number of carbonyl (C=O) groups is 4. The van der Waals surface area contributed by atoms with Gasteiger partial charge in [-0.25, -0.2) is 14.4 Å². The highest BCUT2D eigenvalue weighted by atomic mass is 35.5. The number of rotatable bonds is 8. The molecule has 0 spiro atoms. The molecule has 270 valence electrons. The van der Waals surface area contributed by atoms with Crippen LogP contribution in [0.3, 0.4) is 0 Å². The van der Waals surface area contributed by atoms with Crippen molar-refractivity contribution in [3.05, 3.63) is 87.9 Å². The molecule has 0 aliphatic carbocycles. The van der Waals surface area contributed by atoms with Crippen molar-refractivity contribution in [1.29, 1.82) is 0 Å². The number of nitrogens with zero attached hydrogens (tertiary/aromatic N) is 4. The zero-order chi connectivity index (χ0) is 36.1. The van der Waals surface area contributed by atoms with E-state index in [2.05, 4.69) is 10.2 Å². The lowest BCUT2D eigenvalue weighted by Crippen LogP contribution is -2.54. The van der Waals surface area contributed by atoms with Gasteiger partial charge >= 0.3 is 18.1 Å². The topological polar surface area (TPSA) is 132 Å². The third-order valence-electron chi connectivity index (χ3n) is 9.89. The zero-order valence-corrected chi connectivity index (χ0v) is 29.7. The van der Waals surface area contributed by atoms with Crippen molar-refractivity contribution in [2.24, 2.45) is 0 Å². The Morgan fingerprint density at radius 3 is 2.33 bits per heavy atom. The molecule has 6 rings (SSSR count). The number of esters is 1. The Kier molecular flexibility index (Phi) is 11.2. The number of carbonyl (C=O) groups excluding carboxylic acids is 4. The van der Waals surface area contributed by atoms with Crippen LogP contribution in [0.5, 0.6) is 5.75 Å². The van der Waals surface area contributed by atoms with E-state index in [0.29, 0.717) is 82.0 Å². The molecule has 12 nitrogen and oxygen atoms in total. The van der Waals surface area contributed by atoms with Crippen LogP contribution >= 0.6 is 11.6 Å². The van der Waals surface area contributed by atoms with Crippen LogP contribution in [0.4, 0.5) is 21.0 Å². The van der Waals surface area contributed by atoms with E-state index in [1.807, 2.05) is 41.3 Å². The summed E-state index contributed by atoms with van der Waals surface area (Å²) in [5, 5.41) is 13.4. The van der Waals surface area contributed by atoms with Crippen LogP contribution in [0.25, 0.3) is 0 Å². The van der Waals surface area contributed by atoms with Crippen molar-refractivity contribution < 1.29 is 33.8 Å². The molecule has 3 heterocycles. The summed E-state index contributed by atoms with van der Waals surface area (Å²) in [6.45, 7) is 7.09. The van der Waals surface area contributed by atoms with Crippen molar-refractivity contribution in [2.45, 2.75) is 51.7 Å². The number of ether oxygens (including phenoxy) is 2.